The maximum absolute atomic E-state index is 5.23. The van der Waals surface area contributed by atoms with E-state index in [1.807, 2.05) is 23.3 Å². The summed E-state index contributed by atoms with van der Waals surface area (Å²) in [5, 5.41) is 12.8. The lowest BCUT2D eigenvalue weighted by Crippen LogP contribution is -2.30. The van der Waals surface area contributed by atoms with Gasteiger partial charge in [-0.2, -0.15) is 5.10 Å². The molecule has 0 saturated carbocycles. The smallest absolute Gasteiger partial charge is 0.221 e. The molecule has 6 rings (SSSR count). The Kier molecular flexibility index (Phi) is 3.16. The normalized spacial score (nSPS) is 15.0. The number of hydrogen-bond acceptors (Lipinski definition) is 7. The molecular formula is C17H14N8OS. The van der Waals surface area contributed by atoms with Crippen LogP contribution >= 0.6 is 11.3 Å². The van der Waals surface area contributed by atoms with E-state index >= 15 is 0 Å². The Balaban J connectivity index is 1.35. The largest absolute Gasteiger partial charge is 0.377 e. The van der Waals surface area contributed by atoms with Gasteiger partial charge >= 0.3 is 0 Å². The van der Waals surface area contributed by atoms with Gasteiger partial charge in [-0.05, 0) is 12.1 Å². The summed E-state index contributed by atoms with van der Waals surface area (Å²) in [4.78, 5) is 13.6. The number of aromatic amines is 1. The Labute approximate surface area is 156 Å². The van der Waals surface area contributed by atoms with Crippen molar-refractivity contribution in [2.45, 2.75) is 12.6 Å². The lowest BCUT2D eigenvalue weighted by atomic mass is 10.2. The Hall–Kier alpha value is -3.11. The third kappa shape index (κ3) is 2.45. The van der Waals surface area contributed by atoms with E-state index in [2.05, 4.69) is 37.5 Å². The van der Waals surface area contributed by atoms with Gasteiger partial charge in [-0.25, -0.2) is 14.6 Å². The Morgan fingerprint density at radius 1 is 1.30 bits per heavy atom. The molecule has 0 bridgehead atoms. The molecule has 6 heterocycles. The third-order valence-electron chi connectivity index (χ3n) is 4.71. The van der Waals surface area contributed by atoms with Crippen LogP contribution in [0, 0.1) is 0 Å². The molecule has 0 radical (unpaired) electrons. The van der Waals surface area contributed by atoms with Gasteiger partial charge in [-0.3, -0.25) is 4.68 Å². The van der Waals surface area contributed by atoms with Gasteiger partial charge in [0.05, 0.1) is 54.1 Å². The average Bonchev–Trinajstić information content (AvgIpc) is 3.37. The fourth-order valence-electron chi connectivity index (χ4n) is 3.17. The molecule has 134 valence electrons. The Morgan fingerprint density at radius 3 is 3.11 bits per heavy atom. The first kappa shape index (κ1) is 15.0. The number of H-pyrrole nitrogens is 1. The van der Waals surface area contributed by atoms with E-state index < -0.39 is 0 Å². The zero-order chi connectivity index (χ0) is 17.8. The number of fused-ring (bicyclic) bond motifs is 2. The molecule has 0 unspecified atom stereocenters. The highest BCUT2D eigenvalue weighted by atomic mass is 32.1. The molecule has 0 aliphatic carbocycles. The second-order valence-electron chi connectivity index (χ2n) is 6.52. The fraction of sp³-hybridized carbons (Fsp3) is 0.235. The number of ether oxygens (including phenoxy) is 1. The molecule has 1 aliphatic rings. The summed E-state index contributed by atoms with van der Waals surface area (Å²) in [5.41, 5.74) is 4.04. The lowest BCUT2D eigenvalue weighted by Gasteiger charge is -2.25. The van der Waals surface area contributed by atoms with Gasteiger partial charge in [0.15, 0.2) is 5.65 Å². The van der Waals surface area contributed by atoms with Gasteiger partial charge < -0.3 is 9.72 Å². The Bertz CT molecular complexity index is 1230. The van der Waals surface area contributed by atoms with E-state index in [4.69, 9.17) is 9.72 Å². The predicted molar refractivity (Wildman–Crippen MR) is 99.5 cm³/mol. The minimum atomic E-state index is 0.311. The molecule has 0 aromatic carbocycles. The van der Waals surface area contributed by atoms with Crippen molar-refractivity contribution in [3.8, 4) is 11.3 Å². The van der Waals surface area contributed by atoms with Crippen LogP contribution in [0.25, 0.3) is 32.8 Å². The molecule has 0 amide bonds. The van der Waals surface area contributed by atoms with Crippen molar-refractivity contribution in [2.75, 3.05) is 13.2 Å². The van der Waals surface area contributed by atoms with E-state index in [1.165, 1.54) is 9.58 Å². The lowest BCUT2D eigenvalue weighted by molar-refractivity contribution is -0.0286. The SMILES string of the molecule is c1cc2sc(Cn3nnc4ncc(-c5cnn(C6COC6)c5)nc43)cc2[nH]1. The van der Waals surface area contributed by atoms with E-state index in [9.17, 15) is 0 Å². The number of aromatic nitrogens is 8. The van der Waals surface area contributed by atoms with Gasteiger partial charge in [0.1, 0.15) is 0 Å². The fourth-order valence-corrected chi connectivity index (χ4v) is 4.18. The van der Waals surface area contributed by atoms with Crippen LogP contribution in [0.1, 0.15) is 10.9 Å². The van der Waals surface area contributed by atoms with Gasteiger partial charge in [0.25, 0.3) is 0 Å². The van der Waals surface area contributed by atoms with Crippen molar-refractivity contribution in [1.82, 2.24) is 39.7 Å². The van der Waals surface area contributed by atoms with Crippen molar-refractivity contribution >= 4 is 32.8 Å². The van der Waals surface area contributed by atoms with Crippen molar-refractivity contribution in [3.63, 3.8) is 0 Å². The minimum absolute atomic E-state index is 0.311. The van der Waals surface area contributed by atoms with E-state index in [-0.39, 0.29) is 0 Å². The van der Waals surface area contributed by atoms with Crippen LogP contribution in [0.5, 0.6) is 0 Å². The highest BCUT2D eigenvalue weighted by Crippen LogP contribution is 2.26. The first-order chi connectivity index (χ1) is 13.3. The Morgan fingerprint density at radius 2 is 2.26 bits per heavy atom. The van der Waals surface area contributed by atoms with E-state index in [0.717, 1.165) is 16.8 Å². The first-order valence-corrected chi connectivity index (χ1v) is 9.39. The molecule has 0 atom stereocenters. The molecule has 1 aliphatic heterocycles. The maximum atomic E-state index is 5.23. The van der Waals surface area contributed by atoms with Crippen LogP contribution in [0.3, 0.4) is 0 Å². The maximum Gasteiger partial charge on any atom is 0.221 e. The summed E-state index contributed by atoms with van der Waals surface area (Å²) in [5.74, 6) is 0. The van der Waals surface area contributed by atoms with Gasteiger partial charge in [-0.15, -0.1) is 16.4 Å². The molecule has 5 aromatic rings. The molecule has 10 heteroatoms. The molecule has 27 heavy (non-hydrogen) atoms. The molecule has 1 fully saturated rings. The summed E-state index contributed by atoms with van der Waals surface area (Å²) in [6, 6.07) is 4.52. The number of nitrogens with zero attached hydrogens (tertiary/aromatic N) is 7. The molecule has 5 aromatic heterocycles. The van der Waals surface area contributed by atoms with Crippen LogP contribution in [0.15, 0.2) is 36.9 Å². The van der Waals surface area contributed by atoms with Crippen LogP contribution in [0.4, 0.5) is 0 Å². The number of rotatable bonds is 4. The number of thiophene rings is 1. The number of nitrogens with one attached hydrogen (secondary N) is 1. The molecule has 9 nitrogen and oxygen atoms in total. The van der Waals surface area contributed by atoms with Crippen LogP contribution < -0.4 is 0 Å². The van der Waals surface area contributed by atoms with Crippen molar-refractivity contribution in [2.24, 2.45) is 0 Å². The second-order valence-corrected chi connectivity index (χ2v) is 7.69. The monoisotopic (exact) mass is 378 g/mol. The highest BCUT2D eigenvalue weighted by Gasteiger charge is 2.21. The summed E-state index contributed by atoms with van der Waals surface area (Å²) in [6.07, 6.45) is 7.46. The zero-order valence-electron chi connectivity index (χ0n) is 14.1. The second kappa shape index (κ2) is 5.69. The van der Waals surface area contributed by atoms with Gasteiger partial charge in [0, 0.05) is 22.8 Å². The van der Waals surface area contributed by atoms with Gasteiger partial charge in [-0.1, -0.05) is 5.21 Å². The molecule has 1 N–H and O–H groups in total. The van der Waals surface area contributed by atoms with Crippen LogP contribution in [-0.2, 0) is 11.3 Å². The average molecular weight is 378 g/mol. The van der Waals surface area contributed by atoms with Crippen molar-refractivity contribution in [1.29, 1.82) is 0 Å². The van der Waals surface area contributed by atoms with E-state index in [0.29, 0.717) is 37.1 Å². The standard InChI is InChI=1S/C17H14N8OS/c1-2-18-13-3-12(27-15(1)13)7-25-17-16(22-23-25)19-5-14(21-17)10-4-20-24(6-10)11-8-26-9-11/h1-6,11,18H,7-9H2. The van der Waals surface area contributed by atoms with Crippen LogP contribution in [0.2, 0.25) is 0 Å². The summed E-state index contributed by atoms with van der Waals surface area (Å²) >= 11 is 1.73. The first-order valence-electron chi connectivity index (χ1n) is 8.58. The van der Waals surface area contributed by atoms with Crippen molar-refractivity contribution < 1.29 is 4.74 Å². The molecular weight excluding hydrogens is 364 g/mol. The third-order valence-corrected chi connectivity index (χ3v) is 5.80. The summed E-state index contributed by atoms with van der Waals surface area (Å²) < 4.78 is 10.2. The van der Waals surface area contributed by atoms with Crippen molar-refractivity contribution in [3.05, 3.63) is 41.8 Å². The topological polar surface area (TPSA) is 99.3 Å². The van der Waals surface area contributed by atoms with Crippen LogP contribution in [-0.4, -0.2) is 52.9 Å². The minimum Gasteiger partial charge on any atom is -0.377 e. The van der Waals surface area contributed by atoms with E-state index in [1.54, 1.807) is 22.2 Å². The molecule has 1 saturated heterocycles. The van der Waals surface area contributed by atoms with Gasteiger partial charge in [0.2, 0.25) is 5.65 Å². The summed E-state index contributed by atoms with van der Waals surface area (Å²) in [6.45, 7) is 2.02. The zero-order valence-corrected chi connectivity index (χ0v) is 14.9. The highest BCUT2D eigenvalue weighted by molar-refractivity contribution is 7.19. The summed E-state index contributed by atoms with van der Waals surface area (Å²) in [7, 11) is 0. The molecule has 0 spiro atoms. The quantitative estimate of drug-likeness (QED) is 0.515. The predicted octanol–water partition coefficient (Wildman–Crippen LogP) is 2.25. The number of hydrogen-bond donors (Lipinski definition) is 1.